The molecule has 0 fully saturated rings. The van der Waals surface area contributed by atoms with Gasteiger partial charge in [-0.3, -0.25) is 0 Å². The van der Waals surface area contributed by atoms with Gasteiger partial charge in [0, 0.05) is 0 Å². The Bertz CT molecular complexity index is 101. The van der Waals surface area contributed by atoms with Crippen molar-refractivity contribution in [3.63, 3.8) is 0 Å². The summed E-state index contributed by atoms with van der Waals surface area (Å²) in [7, 11) is 0. The van der Waals surface area contributed by atoms with E-state index in [2.05, 4.69) is 33.8 Å². The minimum absolute atomic E-state index is 0.876. The van der Waals surface area contributed by atoms with Gasteiger partial charge in [0.25, 0.3) is 0 Å². The van der Waals surface area contributed by atoms with Crippen molar-refractivity contribution in [2.24, 2.45) is 5.92 Å². The van der Waals surface area contributed by atoms with Gasteiger partial charge in [-0.15, -0.1) is 0 Å². The molecule has 0 aromatic rings. The van der Waals surface area contributed by atoms with Crippen LogP contribution in [0.5, 0.6) is 0 Å². The monoisotopic (exact) mass is 140 g/mol. The van der Waals surface area contributed by atoms with Gasteiger partial charge in [-0.1, -0.05) is 38.3 Å². The van der Waals surface area contributed by atoms with Crippen molar-refractivity contribution in [2.75, 3.05) is 0 Å². The van der Waals surface area contributed by atoms with E-state index in [1.54, 1.807) is 0 Å². The van der Waals surface area contributed by atoms with Gasteiger partial charge in [0.15, 0.2) is 0 Å². The summed E-state index contributed by atoms with van der Waals surface area (Å²) in [4.78, 5) is 0. The predicted octanol–water partition coefficient (Wildman–Crippen LogP) is 3.78. The summed E-state index contributed by atoms with van der Waals surface area (Å²) in [6.07, 6.45) is 6.18. The molecule has 1 atom stereocenters. The van der Waals surface area contributed by atoms with Gasteiger partial charge in [-0.2, -0.15) is 0 Å². The molecule has 0 bridgehead atoms. The molecule has 0 radical (unpaired) electrons. The maximum absolute atomic E-state index is 2.33. The summed E-state index contributed by atoms with van der Waals surface area (Å²) in [5.74, 6) is 0.876. The summed E-state index contributed by atoms with van der Waals surface area (Å²) < 4.78 is 0. The molecule has 0 heteroatoms. The molecule has 0 aromatic carbocycles. The summed E-state index contributed by atoms with van der Waals surface area (Å²) in [6, 6.07) is 0. The molecular formula is C10H20. The lowest BCUT2D eigenvalue weighted by molar-refractivity contribution is 0.520. The summed E-state index contributed by atoms with van der Waals surface area (Å²) in [5, 5.41) is 0. The second-order valence-corrected chi connectivity index (χ2v) is 3.23. The van der Waals surface area contributed by atoms with Crippen LogP contribution in [0.2, 0.25) is 0 Å². The molecule has 0 aliphatic heterocycles. The van der Waals surface area contributed by atoms with Crippen LogP contribution in [0.4, 0.5) is 0 Å². The number of hydrogen-bond acceptors (Lipinski definition) is 0. The van der Waals surface area contributed by atoms with E-state index < -0.39 is 0 Å². The second kappa shape index (κ2) is 5.52. The standard InChI is InChI=1S/C10H20/c1-5-7-10(4)8-9(3)6-2/h6,10H,5,7-8H2,1-4H3. The number of allylic oxidation sites excluding steroid dienone is 2. The summed E-state index contributed by atoms with van der Waals surface area (Å²) in [5.41, 5.74) is 1.53. The Labute approximate surface area is 65.3 Å². The normalized spacial score (nSPS) is 15.4. The Morgan fingerprint density at radius 2 is 2.10 bits per heavy atom. The zero-order valence-corrected chi connectivity index (χ0v) is 7.78. The maximum Gasteiger partial charge on any atom is -0.0297 e. The largest absolute Gasteiger partial charge is 0.0887 e. The average molecular weight is 140 g/mol. The molecular weight excluding hydrogens is 120 g/mol. The highest BCUT2D eigenvalue weighted by Crippen LogP contribution is 2.15. The van der Waals surface area contributed by atoms with Gasteiger partial charge in [-0.25, -0.2) is 0 Å². The Balaban J connectivity index is 3.47. The van der Waals surface area contributed by atoms with E-state index in [9.17, 15) is 0 Å². The quantitative estimate of drug-likeness (QED) is 0.521. The van der Waals surface area contributed by atoms with Crippen molar-refractivity contribution < 1.29 is 0 Å². The van der Waals surface area contributed by atoms with Crippen molar-refractivity contribution in [1.82, 2.24) is 0 Å². The molecule has 0 saturated heterocycles. The van der Waals surface area contributed by atoms with E-state index in [4.69, 9.17) is 0 Å². The highest BCUT2D eigenvalue weighted by atomic mass is 14.1. The van der Waals surface area contributed by atoms with Crippen molar-refractivity contribution in [3.05, 3.63) is 11.6 Å². The van der Waals surface area contributed by atoms with Gasteiger partial charge in [0.05, 0.1) is 0 Å². The summed E-state index contributed by atoms with van der Waals surface area (Å²) >= 11 is 0. The molecule has 0 heterocycles. The maximum atomic E-state index is 2.33. The molecule has 0 N–H and O–H groups in total. The Morgan fingerprint density at radius 1 is 1.50 bits per heavy atom. The molecule has 0 nitrogen and oxygen atoms in total. The highest BCUT2D eigenvalue weighted by molar-refractivity contribution is 4.96. The van der Waals surface area contributed by atoms with Gasteiger partial charge < -0.3 is 0 Å². The predicted molar refractivity (Wildman–Crippen MR) is 48.1 cm³/mol. The lowest BCUT2D eigenvalue weighted by Gasteiger charge is -2.08. The van der Waals surface area contributed by atoms with Gasteiger partial charge >= 0.3 is 0 Å². The average Bonchev–Trinajstić information content (AvgIpc) is 1.88. The molecule has 0 aromatic heterocycles. The Morgan fingerprint density at radius 3 is 2.50 bits per heavy atom. The molecule has 0 rings (SSSR count). The van der Waals surface area contributed by atoms with Crippen LogP contribution < -0.4 is 0 Å². The van der Waals surface area contributed by atoms with Crippen LogP contribution in [0, 0.1) is 5.92 Å². The van der Waals surface area contributed by atoms with Gasteiger partial charge in [-0.05, 0) is 26.2 Å². The Kier molecular flexibility index (Phi) is 5.38. The molecule has 0 amide bonds. The van der Waals surface area contributed by atoms with Crippen molar-refractivity contribution >= 4 is 0 Å². The molecule has 0 spiro atoms. The van der Waals surface area contributed by atoms with Gasteiger partial charge in [0.1, 0.15) is 0 Å². The van der Waals surface area contributed by atoms with Crippen LogP contribution in [0.15, 0.2) is 11.6 Å². The van der Waals surface area contributed by atoms with Crippen LogP contribution in [-0.4, -0.2) is 0 Å². The fourth-order valence-electron chi connectivity index (χ4n) is 1.26. The SMILES string of the molecule is CC=C(C)CC(C)CCC. The fraction of sp³-hybridized carbons (Fsp3) is 0.800. The Hall–Kier alpha value is -0.260. The van der Waals surface area contributed by atoms with Crippen LogP contribution in [0.3, 0.4) is 0 Å². The number of rotatable bonds is 4. The van der Waals surface area contributed by atoms with E-state index in [-0.39, 0.29) is 0 Å². The third-order valence-corrected chi connectivity index (χ3v) is 1.94. The van der Waals surface area contributed by atoms with Crippen molar-refractivity contribution in [2.45, 2.75) is 47.0 Å². The molecule has 1 unspecified atom stereocenters. The zero-order chi connectivity index (χ0) is 7.98. The molecule has 0 aliphatic rings. The van der Waals surface area contributed by atoms with E-state index >= 15 is 0 Å². The highest BCUT2D eigenvalue weighted by Gasteiger charge is 1.99. The lowest BCUT2D eigenvalue weighted by Crippen LogP contribution is -1.93. The zero-order valence-electron chi connectivity index (χ0n) is 7.78. The minimum atomic E-state index is 0.876. The van der Waals surface area contributed by atoms with Crippen molar-refractivity contribution in [3.8, 4) is 0 Å². The number of hydrogen-bond donors (Lipinski definition) is 0. The van der Waals surface area contributed by atoms with Crippen LogP contribution >= 0.6 is 0 Å². The van der Waals surface area contributed by atoms with Crippen molar-refractivity contribution in [1.29, 1.82) is 0 Å². The first-order chi connectivity index (χ1) is 4.70. The first-order valence-corrected chi connectivity index (χ1v) is 4.32. The van der Waals surface area contributed by atoms with Crippen LogP contribution in [0.25, 0.3) is 0 Å². The van der Waals surface area contributed by atoms with E-state index in [1.165, 1.54) is 24.8 Å². The fourth-order valence-corrected chi connectivity index (χ4v) is 1.26. The van der Waals surface area contributed by atoms with E-state index in [0.717, 1.165) is 5.92 Å². The van der Waals surface area contributed by atoms with Gasteiger partial charge in [0.2, 0.25) is 0 Å². The summed E-state index contributed by atoms with van der Waals surface area (Å²) in [6.45, 7) is 8.91. The smallest absolute Gasteiger partial charge is 0.0297 e. The van der Waals surface area contributed by atoms with Crippen LogP contribution in [-0.2, 0) is 0 Å². The third-order valence-electron chi connectivity index (χ3n) is 1.94. The molecule has 10 heavy (non-hydrogen) atoms. The minimum Gasteiger partial charge on any atom is -0.0887 e. The topological polar surface area (TPSA) is 0 Å². The van der Waals surface area contributed by atoms with E-state index in [0.29, 0.717) is 0 Å². The van der Waals surface area contributed by atoms with Crippen LogP contribution in [0.1, 0.15) is 47.0 Å². The third kappa shape index (κ3) is 4.60. The molecule has 0 aliphatic carbocycles. The lowest BCUT2D eigenvalue weighted by atomic mass is 9.98. The first-order valence-electron chi connectivity index (χ1n) is 4.32. The second-order valence-electron chi connectivity index (χ2n) is 3.23. The molecule has 0 saturated carbocycles. The first kappa shape index (κ1) is 9.74. The van der Waals surface area contributed by atoms with E-state index in [1.807, 2.05) is 0 Å². The molecule has 60 valence electrons.